The van der Waals surface area contributed by atoms with E-state index in [4.69, 9.17) is 0 Å². The average Bonchev–Trinajstić information content (AvgIpc) is 2.85. The van der Waals surface area contributed by atoms with E-state index in [0.717, 1.165) is 0 Å². The van der Waals surface area contributed by atoms with E-state index >= 15 is 0 Å². The van der Waals surface area contributed by atoms with Crippen molar-refractivity contribution in [3.63, 3.8) is 0 Å². The minimum absolute atomic E-state index is 0. The minimum Gasteiger partial charge on any atom is -0.388 e. The summed E-state index contributed by atoms with van der Waals surface area (Å²) in [5.41, 5.74) is 6.20. The molecule has 4 heteroatoms. The van der Waals surface area contributed by atoms with Gasteiger partial charge in [0.05, 0.1) is 0 Å². The number of rotatable bonds is 1. The summed E-state index contributed by atoms with van der Waals surface area (Å²) in [5.74, 6) is 1.25. The molecule has 3 aromatic rings. The number of allylic oxidation sites excluding steroid dienone is 6. The predicted molar refractivity (Wildman–Crippen MR) is 116 cm³/mol. The maximum Gasteiger partial charge on any atom is 2.00 e. The molecule has 0 spiro atoms. The van der Waals surface area contributed by atoms with E-state index in [1.54, 1.807) is 0 Å². The molecule has 0 saturated carbocycles. The summed E-state index contributed by atoms with van der Waals surface area (Å²) in [6, 6.07) is 17.7. The summed E-state index contributed by atoms with van der Waals surface area (Å²) in [4.78, 5) is 0. The molecule has 0 bridgehead atoms. The van der Waals surface area contributed by atoms with Gasteiger partial charge in [-0.2, -0.15) is 65.6 Å². The Morgan fingerprint density at radius 3 is 1.83 bits per heavy atom. The topological polar surface area (TPSA) is 4.93 Å². The van der Waals surface area contributed by atoms with Gasteiger partial charge in [-0.05, 0) is 11.0 Å². The summed E-state index contributed by atoms with van der Waals surface area (Å²) in [6.45, 7) is 6.46. The molecule has 2 aromatic carbocycles. The van der Waals surface area contributed by atoms with Gasteiger partial charge in [0.2, 0.25) is 0 Å². The van der Waals surface area contributed by atoms with Gasteiger partial charge in [-0.15, -0.1) is 41.1 Å². The first-order valence-electron chi connectivity index (χ1n) is 8.72. The molecule has 0 atom stereocenters. The van der Waals surface area contributed by atoms with Gasteiger partial charge in [0.15, 0.2) is 0 Å². The van der Waals surface area contributed by atoms with Crippen molar-refractivity contribution in [2.75, 3.05) is 0 Å². The quantitative estimate of drug-likeness (QED) is 0.199. The Morgan fingerprint density at radius 1 is 0.793 bits per heavy atom. The summed E-state index contributed by atoms with van der Waals surface area (Å²) < 4.78 is 2.37. The third-order valence-corrected chi connectivity index (χ3v) is 4.67. The van der Waals surface area contributed by atoms with Crippen molar-refractivity contribution in [3.05, 3.63) is 103 Å². The zero-order chi connectivity index (χ0) is 17.4. The first-order chi connectivity index (χ1) is 12.1. The second kappa shape index (κ2) is 12.0. The molecule has 29 heavy (non-hydrogen) atoms. The number of aryl methyl sites for hydroxylation is 2. The van der Waals surface area contributed by atoms with E-state index < -0.39 is 0 Å². The van der Waals surface area contributed by atoms with Crippen LogP contribution in [0.2, 0.25) is 0 Å². The first kappa shape index (κ1) is 27.9. The van der Waals surface area contributed by atoms with Crippen molar-refractivity contribution in [3.8, 4) is 0 Å². The Morgan fingerprint density at radius 2 is 1.31 bits per heavy atom. The normalized spacial score (nSPS) is 12.1. The molecule has 3 radical (unpaired) electrons. The third kappa shape index (κ3) is 5.76. The van der Waals surface area contributed by atoms with Crippen molar-refractivity contribution >= 4 is 27.5 Å². The zero-order valence-electron chi connectivity index (χ0n) is 17.0. The van der Waals surface area contributed by atoms with Crippen LogP contribution in [-0.4, -0.2) is 4.57 Å². The Balaban J connectivity index is 0.00000196. The maximum atomic E-state index is 2.37. The molecule has 0 amide bonds. The van der Waals surface area contributed by atoms with Gasteiger partial charge in [0, 0.05) is 39.0 Å². The minimum atomic E-state index is 0. The largest absolute Gasteiger partial charge is 2.00 e. The van der Waals surface area contributed by atoms with E-state index in [-0.39, 0.29) is 65.9 Å². The van der Waals surface area contributed by atoms with Crippen LogP contribution in [0.1, 0.15) is 18.1 Å². The number of hydrogen-bond acceptors (Lipinski definition) is 0. The van der Waals surface area contributed by atoms with Gasteiger partial charge >= 0.3 is 19.5 Å². The summed E-state index contributed by atoms with van der Waals surface area (Å²) in [7, 11) is 0. The molecule has 1 aliphatic carbocycles. The monoisotopic (exact) mass is 648 g/mol. The number of fused-ring (bicyclic) bond motifs is 3. The molecular weight excluding hydrogens is 623 g/mol. The Bertz CT molecular complexity index is 1020. The molecule has 0 saturated heterocycles. The van der Waals surface area contributed by atoms with Crippen LogP contribution < -0.4 is 0 Å². The number of hydrogen-bond donors (Lipinski definition) is 0. The second-order valence-corrected chi connectivity index (χ2v) is 6.79. The maximum absolute atomic E-state index is 2.37. The van der Waals surface area contributed by atoms with E-state index in [2.05, 4.69) is 104 Å². The van der Waals surface area contributed by atoms with Crippen molar-refractivity contribution < 1.29 is 58.4 Å². The SMILES string of the molecule is C[C-]1C=CC=CC(n2c3ccc[c-](C)cc3c3c[c-](C)cccc32)=C1.[CH3-].[Rh+2].[Rh].[Rh]. The van der Waals surface area contributed by atoms with Gasteiger partial charge in [-0.3, -0.25) is 0 Å². The number of aromatic nitrogens is 1. The molecule has 1 aromatic heterocycles. The molecule has 0 fully saturated rings. The Labute approximate surface area is 213 Å². The van der Waals surface area contributed by atoms with Crippen LogP contribution >= 0.6 is 0 Å². The standard InChI is InChI=1S/C24H22N.CH3.3Rh/c1-17-8-4-5-11-20(14-17)25-23-12-6-9-18(2)15-21(23)22-16-19(3)10-7-13-24(22)25;;;;/h4-16H,1-3H3;1H3;;;/q-3;-1;;;+2. The van der Waals surface area contributed by atoms with Crippen molar-refractivity contribution in [1.82, 2.24) is 4.57 Å². The molecule has 0 aliphatic heterocycles. The van der Waals surface area contributed by atoms with E-state index in [1.807, 2.05) is 0 Å². The van der Waals surface area contributed by atoms with Crippen LogP contribution in [0.3, 0.4) is 0 Å². The molecule has 0 unspecified atom stereocenters. The predicted octanol–water partition coefficient (Wildman–Crippen LogP) is 6.98. The smallest absolute Gasteiger partial charge is 0.388 e. The van der Waals surface area contributed by atoms with Crippen LogP contribution in [0.4, 0.5) is 0 Å². The van der Waals surface area contributed by atoms with Crippen LogP contribution in [0, 0.1) is 27.2 Å². The summed E-state index contributed by atoms with van der Waals surface area (Å²) in [6.07, 6.45) is 10.8. The molecule has 1 aliphatic rings. The molecule has 1 heterocycles. The molecule has 159 valence electrons. The van der Waals surface area contributed by atoms with Crippen molar-refractivity contribution in [1.29, 1.82) is 0 Å². The zero-order valence-corrected chi connectivity index (χ0v) is 21.9. The van der Waals surface area contributed by atoms with Crippen LogP contribution in [-0.2, 0) is 58.4 Å². The summed E-state index contributed by atoms with van der Waals surface area (Å²) in [5, 5.41) is 2.59. The van der Waals surface area contributed by atoms with Crippen LogP contribution in [0.25, 0.3) is 27.5 Å². The van der Waals surface area contributed by atoms with Gasteiger partial charge in [-0.25, -0.2) is 0 Å². The number of nitrogens with zero attached hydrogens (tertiary/aromatic N) is 1. The third-order valence-electron chi connectivity index (χ3n) is 4.67. The van der Waals surface area contributed by atoms with Crippen LogP contribution in [0.5, 0.6) is 0 Å². The van der Waals surface area contributed by atoms with Gasteiger partial charge in [-0.1, -0.05) is 26.5 Å². The Hall–Kier alpha value is -1.06. The van der Waals surface area contributed by atoms with Crippen molar-refractivity contribution in [2.24, 2.45) is 0 Å². The molecule has 1 nitrogen and oxygen atoms in total. The average molecular weight is 648 g/mol. The second-order valence-electron chi connectivity index (χ2n) is 6.79. The van der Waals surface area contributed by atoms with Crippen molar-refractivity contribution in [2.45, 2.75) is 20.8 Å². The molecular formula is C25H25NRh3-2. The van der Waals surface area contributed by atoms with Gasteiger partial charge < -0.3 is 12.0 Å². The fraction of sp³-hybridized carbons (Fsp3) is 0.120. The van der Waals surface area contributed by atoms with E-state index in [1.165, 1.54) is 44.5 Å². The fourth-order valence-corrected chi connectivity index (χ4v) is 3.52. The molecule has 4 rings (SSSR count). The fourth-order valence-electron chi connectivity index (χ4n) is 3.52. The van der Waals surface area contributed by atoms with Gasteiger partial charge in [0.25, 0.3) is 0 Å². The van der Waals surface area contributed by atoms with E-state index in [0.29, 0.717) is 0 Å². The summed E-state index contributed by atoms with van der Waals surface area (Å²) >= 11 is 0. The van der Waals surface area contributed by atoms with Gasteiger partial charge in [0.1, 0.15) is 0 Å². The first-order valence-corrected chi connectivity index (χ1v) is 8.72. The van der Waals surface area contributed by atoms with Crippen LogP contribution in [0.15, 0.2) is 78.9 Å². The van der Waals surface area contributed by atoms with E-state index in [9.17, 15) is 0 Å². The molecule has 0 N–H and O–H groups in total. The Kier molecular flexibility index (Phi) is 11.5.